The van der Waals surface area contributed by atoms with Gasteiger partial charge in [-0.3, -0.25) is 9.59 Å². The van der Waals surface area contributed by atoms with Crippen molar-refractivity contribution >= 4 is 28.2 Å². The third-order valence-corrected chi connectivity index (χ3v) is 6.42. The van der Waals surface area contributed by atoms with Crippen LogP contribution in [0.3, 0.4) is 0 Å². The maximum absolute atomic E-state index is 13.1. The topological polar surface area (TPSA) is 71.3 Å². The second kappa shape index (κ2) is 8.25. The van der Waals surface area contributed by atoms with Crippen molar-refractivity contribution < 1.29 is 14.0 Å². The summed E-state index contributed by atoms with van der Waals surface area (Å²) in [5.74, 6) is 0.912. The number of rotatable bonds is 5. The zero-order chi connectivity index (χ0) is 20.4. The lowest BCUT2D eigenvalue weighted by molar-refractivity contribution is 0.0948. The van der Waals surface area contributed by atoms with Crippen molar-refractivity contribution in [2.24, 2.45) is 5.92 Å². The molecule has 3 aromatic rings. The number of carbonyl (C=O) groups is 2. The maximum atomic E-state index is 13.1. The van der Waals surface area contributed by atoms with Crippen molar-refractivity contribution in [1.29, 1.82) is 0 Å². The molecule has 0 fully saturated rings. The molecule has 2 amide bonds. The monoisotopic (exact) mass is 408 g/mol. The van der Waals surface area contributed by atoms with Crippen LogP contribution in [0, 0.1) is 12.8 Å². The van der Waals surface area contributed by atoms with Crippen LogP contribution >= 0.6 is 11.3 Å². The van der Waals surface area contributed by atoms with Gasteiger partial charge in [-0.1, -0.05) is 24.6 Å². The van der Waals surface area contributed by atoms with E-state index in [1.807, 2.05) is 31.2 Å². The standard InChI is InChI=1S/C23H24N2O3S/c1-14-5-3-6-16(11-14)21(26)25-23-20(18-9-8-15(2)12-19(18)29-23)22(27)24-13-17-7-4-10-28-17/h3-7,10-11,15H,8-9,12-13H2,1-2H3,(H,24,27)(H,25,26)/t15-/m0/s1. The predicted octanol–water partition coefficient (Wildman–Crippen LogP) is 4.96. The Morgan fingerprint density at radius 2 is 2.07 bits per heavy atom. The molecule has 5 nitrogen and oxygen atoms in total. The molecule has 4 rings (SSSR count). The van der Waals surface area contributed by atoms with Crippen LogP contribution in [0.5, 0.6) is 0 Å². The maximum Gasteiger partial charge on any atom is 0.256 e. The van der Waals surface area contributed by atoms with Gasteiger partial charge in [0.25, 0.3) is 11.8 Å². The predicted molar refractivity (Wildman–Crippen MR) is 115 cm³/mol. The summed E-state index contributed by atoms with van der Waals surface area (Å²) in [6.07, 6.45) is 4.44. The Hall–Kier alpha value is -2.86. The highest BCUT2D eigenvalue weighted by atomic mass is 32.1. The van der Waals surface area contributed by atoms with E-state index in [0.29, 0.717) is 34.4 Å². The molecular formula is C23H24N2O3S. The van der Waals surface area contributed by atoms with Crippen LogP contribution in [-0.4, -0.2) is 11.8 Å². The molecule has 1 aliphatic carbocycles. The molecular weight excluding hydrogens is 384 g/mol. The zero-order valence-corrected chi connectivity index (χ0v) is 17.4. The van der Waals surface area contributed by atoms with Crippen LogP contribution in [0.1, 0.15) is 55.8 Å². The summed E-state index contributed by atoms with van der Waals surface area (Å²) in [5.41, 5.74) is 3.29. The van der Waals surface area contributed by atoms with Gasteiger partial charge in [-0.05, 0) is 61.9 Å². The van der Waals surface area contributed by atoms with Crippen LogP contribution in [0.4, 0.5) is 5.00 Å². The number of hydrogen-bond donors (Lipinski definition) is 2. The van der Waals surface area contributed by atoms with Crippen molar-refractivity contribution in [3.05, 3.63) is 75.6 Å². The number of aryl methyl sites for hydroxylation is 1. The number of amides is 2. The molecule has 1 atom stereocenters. The van der Waals surface area contributed by atoms with E-state index in [1.165, 1.54) is 16.2 Å². The molecule has 0 saturated heterocycles. The summed E-state index contributed by atoms with van der Waals surface area (Å²) >= 11 is 1.53. The highest BCUT2D eigenvalue weighted by Crippen LogP contribution is 2.39. The molecule has 1 aliphatic rings. The van der Waals surface area contributed by atoms with Gasteiger partial charge in [0, 0.05) is 10.4 Å². The number of carbonyl (C=O) groups excluding carboxylic acids is 2. The van der Waals surface area contributed by atoms with Gasteiger partial charge in [0.2, 0.25) is 0 Å². The quantitative estimate of drug-likeness (QED) is 0.627. The van der Waals surface area contributed by atoms with Gasteiger partial charge in [-0.15, -0.1) is 11.3 Å². The van der Waals surface area contributed by atoms with Gasteiger partial charge < -0.3 is 15.1 Å². The highest BCUT2D eigenvalue weighted by Gasteiger charge is 2.28. The molecule has 0 spiro atoms. The fourth-order valence-corrected chi connectivity index (χ4v) is 5.11. The second-order valence-electron chi connectivity index (χ2n) is 7.64. The van der Waals surface area contributed by atoms with E-state index < -0.39 is 0 Å². The van der Waals surface area contributed by atoms with Crippen molar-refractivity contribution in [3.63, 3.8) is 0 Å². The zero-order valence-electron chi connectivity index (χ0n) is 16.6. The molecule has 0 aliphatic heterocycles. The number of furan rings is 1. The summed E-state index contributed by atoms with van der Waals surface area (Å²) < 4.78 is 5.31. The first kappa shape index (κ1) is 19.5. The van der Waals surface area contributed by atoms with E-state index in [-0.39, 0.29) is 11.8 Å². The highest BCUT2D eigenvalue weighted by molar-refractivity contribution is 7.17. The van der Waals surface area contributed by atoms with E-state index >= 15 is 0 Å². The Labute approximate surface area is 174 Å². The summed E-state index contributed by atoms with van der Waals surface area (Å²) in [5, 5.41) is 6.56. The van der Waals surface area contributed by atoms with Gasteiger partial charge in [-0.25, -0.2) is 0 Å². The number of anilines is 1. The molecule has 2 aromatic heterocycles. The smallest absolute Gasteiger partial charge is 0.256 e. The number of fused-ring (bicyclic) bond motifs is 1. The summed E-state index contributed by atoms with van der Waals surface area (Å²) in [4.78, 5) is 27.1. The molecule has 1 aromatic carbocycles. The van der Waals surface area contributed by atoms with Gasteiger partial charge >= 0.3 is 0 Å². The van der Waals surface area contributed by atoms with E-state index in [0.717, 1.165) is 30.4 Å². The van der Waals surface area contributed by atoms with E-state index in [2.05, 4.69) is 17.6 Å². The van der Waals surface area contributed by atoms with E-state index in [4.69, 9.17) is 4.42 Å². The van der Waals surface area contributed by atoms with E-state index in [9.17, 15) is 9.59 Å². The third-order valence-electron chi connectivity index (χ3n) is 5.25. The summed E-state index contributed by atoms with van der Waals surface area (Å²) in [6, 6.07) is 11.1. The SMILES string of the molecule is Cc1cccc(C(=O)Nc2sc3c(c2C(=O)NCc2ccco2)CC[C@H](C)C3)c1. The van der Waals surface area contributed by atoms with Gasteiger partial charge in [-0.2, -0.15) is 0 Å². The summed E-state index contributed by atoms with van der Waals surface area (Å²) in [6.45, 7) is 4.50. The molecule has 0 bridgehead atoms. The van der Waals surface area contributed by atoms with Crippen LogP contribution in [-0.2, 0) is 19.4 Å². The van der Waals surface area contributed by atoms with Crippen molar-refractivity contribution in [3.8, 4) is 0 Å². The van der Waals surface area contributed by atoms with Crippen LogP contribution in [0.2, 0.25) is 0 Å². The Kier molecular flexibility index (Phi) is 5.53. The van der Waals surface area contributed by atoms with Crippen LogP contribution in [0.25, 0.3) is 0 Å². The van der Waals surface area contributed by atoms with Gasteiger partial charge in [0.1, 0.15) is 10.8 Å². The van der Waals surface area contributed by atoms with Crippen molar-refractivity contribution in [1.82, 2.24) is 5.32 Å². The van der Waals surface area contributed by atoms with Crippen LogP contribution in [0.15, 0.2) is 47.1 Å². The molecule has 2 N–H and O–H groups in total. The van der Waals surface area contributed by atoms with E-state index in [1.54, 1.807) is 18.4 Å². The Balaban J connectivity index is 1.61. The molecule has 0 saturated carbocycles. The second-order valence-corrected chi connectivity index (χ2v) is 8.75. The minimum atomic E-state index is -0.194. The van der Waals surface area contributed by atoms with Gasteiger partial charge in [0.05, 0.1) is 18.4 Å². The number of thiophene rings is 1. The Morgan fingerprint density at radius 1 is 1.21 bits per heavy atom. The normalized spacial score (nSPS) is 15.6. The molecule has 150 valence electrons. The Bertz CT molecular complexity index is 1040. The number of nitrogens with one attached hydrogen (secondary N) is 2. The first-order valence-corrected chi connectivity index (χ1v) is 10.7. The lowest BCUT2D eigenvalue weighted by Crippen LogP contribution is -2.25. The molecule has 2 heterocycles. The molecule has 6 heteroatoms. The van der Waals surface area contributed by atoms with Crippen molar-refractivity contribution in [2.45, 2.75) is 39.7 Å². The fourth-order valence-electron chi connectivity index (χ4n) is 3.71. The number of benzene rings is 1. The molecule has 0 unspecified atom stereocenters. The summed E-state index contributed by atoms with van der Waals surface area (Å²) in [7, 11) is 0. The lowest BCUT2D eigenvalue weighted by Gasteiger charge is -2.18. The minimum absolute atomic E-state index is 0.173. The minimum Gasteiger partial charge on any atom is -0.467 e. The van der Waals surface area contributed by atoms with Crippen molar-refractivity contribution in [2.75, 3.05) is 5.32 Å². The first-order chi connectivity index (χ1) is 14.0. The number of hydrogen-bond acceptors (Lipinski definition) is 4. The largest absolute Gasteiger partial charge is 0.467 e. The van der Waals surface area contributed by atoms with Gasteiger partial charge in [0.15, 0.2) is 0 Å². The average molecular weight is 409 g/mol. The Morgan fingerprint density at radius 3 is 2.83 bits per heavy atom. The van der Waals surface area contributed by atoms with Crippen LogP contribution < -0.4 is 10.6 Å². The average Bonchev–Trinajstić information content (AvgIpc) is 3.33. The first-order valence-electron chi connectivity index (χ1n) is 9.84. The third kappa shape index (κ3) is 4.27. The molecule has 0 radical (unpaired) electrons. The molecule has 29 heavy (non-hydrogen) atoms. The lowest BCUT2D eigenvalue weighted by atomic mass is 9.88. The fraction of sp³-hybridized carbons (Fsp3) is 0.304.